The highest BCUT2D eigenvalue weighted by Crippen LogP contribution is 2.15. The number of nitrogens with one attached hydrogen (secondary N) is 1. The number of nitrogens with zero attached hydrogens (tertiary/aromatic N) is 1. The molecule has 84 valence electrons. The Morgan fingerprint density at radius 2 is 2.07 bits per heavy atom. The summed E-state index contributed by atoms with van der Waals surface area (Å²) in [5.41, 5.74) is 0. The quantitative estimate of drug-likeness (QED) is 0.646. The molecule has 1 aliphatic rings. The van der Waals surface area contributed by atoms with Gasteiger partial charge in [0.05, 0.1) is 6.61 Å². The number of methoxy groups -OCH3 is 1. The van der Waals surface area contributed by atoms with Gasteiger partial charge >= 0.3 is 0 Å². The second-order valence-corrected chi connectivity index (χ2v) is 4.07. The third-order valence-electron chi connectivity index (χ3n) is 3.07. The summed E-state index contributed by atoms with van der Waals surface area (Å²) in [5.74, 6) is 0.884. The molecule has 0 amide bonds. The second kappa shape index (κ2) is 7.21. The zero-order valence-electron chi connectivity index (χ0n) is 9.59. The first kappa shape index (κ1) is 12.0. The van der Waals surface area contributed by atoms with Gasteiger partial charge in [0.15, 0.2) is 0 Å². The molecule has 0 aromatic heterocycles. The first-order valence-corrected chi connectivity index (χ1v) is 5.78. The van der Waals surface area contributed by atoms with E-state index in [4.69, 9.17) is 4.74 Å². The molecule has 0 aromatic rings. The van der Waals surface area contributed by atoms with Crippen molar-refractivity contribution in [3.8, 4) is 0 Å². The van der Waals surface area contributed by atoms with Crippen LogP contribution in [0.4, 0.5) is 0 Å². The predicted octanol–water partition coefficient (Wildman–Crippen LogP) is 0.954. The molecule has 1 aliphatic heterocycles. The Morgan fingerprint density at radius 1 is 1.36 bits per heavy atom. The average Bonchev–Trinajstić information content (AvgIpc) is 2.25. The number of rotatable bonds is 6. The zero-order chi connectivity index (χ0) is 10.2. The number of likely N-dealkylation sites (tertiary alicyclic amines) is 1. The average molecular weight is 200 g/mol. The molecule has 14 heavy (non-hydrogen) atoms. The normalized spacial score (nSPS) is 20.1. The van der Waals surface area contributed by atoms with E-state index in [1.165, 1.54) is 39.0 Å². The van der Waals surface area contributed by atoms with Crippen LogP contribution in [0.5, 0.6) is 0 Å². The molecule has 3 nitrogen and oxygen atoms in total. The molecule has 0 spiro atoms. The molecule has 0 aliphatic carbocycles. The second-order valence-electron chi connectivity index (χ2n) is 4.07. The lowest BCUT2D eigenvalue weighted by Crippen LogP contribution is -2.37. The van der Waals surface area contributed by atoms with Gasteiger partial charge in [0.25, 0.3) is 0 Å². The first-order chi connectivity index (χ1) is 6.86. The number of hydrogen-bond acceptors (Lipinski definition) is 3. The van der Waals surface area contributed by atoms with Crippen molar-refractivity contribution >= 4 is 0 Å². The molecule has 1 heterocycles. The van der Waals surface area contributed by atoms with Crippen molar-refractivity contribution in [3.63, 3.8) is 0 Å². The Kier molecular flexibility index (Phi) is 6.15. The van der Waals surface area contributed by atoms with E-state index in [2.05, 4.69) is 17.1 Å². The SMILES string of the molecule is CCN1CCC(CNCCOC)CC1. The highest BCUT2D eigenvalue weighted by atomic mass is 16.5. The fourth-order valence-electron chi connectivity index (χ4n) is 1.99. The summed E-state index contributed by atoms with van der Waals surface area (Å²) in [5, 5.41) is 3.45. The smallest absolute Gasteiger partial charge is 0.0587 e. The summed E-state index contributed by atoms with van der Waals surface area (Å²) in [6.45, 7) is 9.01. The zero-order valence-corrected chi connectivity index (χ0v) is 9.59. The van der Waals surface area contributed by atoms with Crippen LogP contribution in [0.3, 0.4) is 0 Å². The van der Waals surface area contributed by atoms with Gasteiger partial charge in [0.2, 0.25) is 0 Å². The molecule has 0 saturated carbocycles. The highest BCUT2D eigenvalue weighted by Gasteiger charge is 2.16. The third kappa shape index (κ3) is 4.40. The highest BCUT2D eigenvalue weighted by molar-refractivity contribution is 4.72. The summed E-state index contributed by atoms with van der Waals surface area (Å²) < 4.78 is 4.99. The minimum atomic E-state index is 0.827. The minimum absolute atomic E-state index is 0.827. The predicted molar refractivity (Wildman–Crippen MR) is 59.6 cm³/mol. The molecule has 0 radical (unpaired) electrons. The van der Waals surface area contributed by atoms with Crippen molar-refractivity contribution in [2.75, 3.05) is 46.4 Å². The Balaban J connectivity index is 1.98. The molecule has 1 saturated heterocycles. The van der Waals surface area contributed by atoms with Crippen LogP contribution in [-0.4, -0.2) is 51.3 Å². The van der Waals surface area contributed by atoms with Gasteiger partial charge in [-0.2, -0.15) is 0 Å². The minimum Gasteiger partial charge on any atom is -0.383 e. The summed E-state index contributed by atoms with van der Waals surface area (Å²) in [7, 11) is 1.75. The van der Waals surface area contributed by atoms with Crippen LogP contribution in [0, 0.1) is 5.92 Å². The molecule has 0 aromatic carbocycles. The van der Waals surface area contributed by atoms with Crippen LogP contribution in [0.15, 0.2) is 0 Å². The van der Waals surface area contributed by atoms with Crippen LogP contribution in [0.2, 0.25) is 0 Å². The molecular formula is C11H24N2O. The van der Waals surface area contributed by atoms with E-state index in [9.17, 15) is 0 Å². The van der Waals surface area contributed by atoms with Crippen LogP contribution in [0.25, 0.3) is 0 Å². The maximum Gasteiger partial charge on any atom is 0.0587 e. The van der Waals surface area contributed by atoms with E-state index < -0.39 is 0 Å². The van der Waals surface area contributed by atoms with Crippen LogP contribution < -0.4 is 5.32 Å². The molecule has 1 fully saturated rings. The van der Waals surface area contributed by atoms with Crippen molar-refractivity contribution in [3.05, 3.63) is 0 Å². The van der Waals surface area contributed by atoms with Gasteiger partial charge in [0.1, 0.15) is 0 Å². The summed E-state index contributed by atoms with van der Waals surface area (Å²) >= 11 is 0. The van der Waals surface area contributed by atoms with Crippen LogP contribution in [0.1, 0.15) is 19.8 Å². The summed E-state index contributed by atoms with van der Waals surface area (Å²) in [6, 6.07) is 0. The standard InChI is InChI=1S/C11H24N2O/c1-3-13-7-4-11(5-8-13)10-12-6-9-14-2/h11-12H,3-10H2,1-2H3. The van der Waals surface area contributed by atoms with Crippen molar-refractivity contribution in [1.82, 2.24) is 10.2 Å². The van der Waals surface area contributed by atoms with E-state index in [-0.39, 0.29) is 0 Å². The fourth-order valence-corrected chi connectivity index (χ4v) is 1.99. The van der Waals surface area contributed by atoms with Crippen molar-refractivity contribution in [2.45, 2.75) is 19.8 Å². The van der Waals surface area contributed by atoms with E-state index >= 15 is 0 Å². The molecule has 0 unspecified atom stereocenters. The van der Waals surface area contributed by atoms with E-state index in [0.29, 0.717) is 0 Å². The Morgan fingerprint density at radius 3 is 2.64 bits per heavy atom. The monoisotopic (exact) mass is 200 g/mol. The van der Waals surface area contributed by atoms with Crippen molar-refractivity contribution in [2.24, 2.45) is 5.92 Å². The van der Waals surface area contributed by atoms with Gasteiger partial charge in [-0.1, -0.05) is 6.92 Å². The third-order valence-corrected chi connectivity index (χ3v) is 3.07. The largest absolute Gasteiger partial charge is 0.383 e. The molecule has 3 heteroatoms. The van der Waals surface area contributed by atoms with Gasteiger partial charge in [-0.15, -0.1) is 0 Å². The molecule has 1 N–H and O–H groups in total. The summed E-state index contributed by atoms with van der Waals surface area (Å²) in [6.07, 6.45) is 2.71. The Labute approximate surface area is 87.8 Å². The molecule has 0 atom stereocenters. The van der Waals surface area contributed by atoms with Crippen LogP contribution in [-0.2, 0) is 4.74 Å². The van der Waals surface area contributed by atoms with E-state index in [0.717, 1.165) is 19.1 Å². The summed E-state index contributed by atoms with van der Waals surface area (Å²) in [4.78, 5) is 2.53. The van der Waals surface area contributed by atoms with Crippen molar-refractivity contribution in [1.29, 1.82) is 0 Å². The van der Waals surface area contributed by atoms with Gasteiger partial charge in [0, 0.05) is 13.7 Å². The topological polar surface area (TPSA) is 24.5 Å². The number of ether oxygens (including phenoxy) is 1. The van der Waals surface area contributed by atoms with Gasteiger partial charge in [-0.05, 0) is 44.9 Å². The van der Waals surface area contributed by atoms with E-state index in [1.54, 1.807) is 7.11 Å². The molecule has 1 rings (SSSR count). The maximum absolute atomic E-state index is 4.99. The number of piperidine rings is 1. The first-order valence-electron chi connectivity index (χ1n) is 5.78. The Bertz CT molecular complexity index is 133. The molecular weight excluding hydrogens is 176 g/mol. The molecule has 0 bridgehead atoms. The fraction of sp³-hybridized carbons (Fsp3) is 1.00. The van der Waals surface area contributed by atoms with Crippen LogP contribution >= 0.6 is 0 Å². The van der Waals surface area contributed by atoms with Gasteiger partial charge < -0.3 is 15.0 Å². The lowest BCUT2D eigenvalue weighted by molar-refractivity contribution is 0.178. The lowest BCUT2D eigenvalue weighted by atomic mass is 9.97. The van der Waals surface area contributed by atoms with Gasteiger partial charge in [-0.25, -0.2) is 0 Å². The number of hydrogen-bond donors (Lipinski definition) is 1. The van der Waals surface area contributed by atoms with Crippen molar-refractivity contribution < 1.29 is 4.74 Å². The van der Waals surface area contributed by atoms with E-state index in [1.807, 2.05) is 0 Å². The lowest BCUT2D eigenvalue weighted by Gasteiger charge is -2.31. The van der Waals surface area contributed by atoms with Gasteiger partial charge in [-0.3, -0.25) is 0 Å². The maximum atomic E-state index is 4.99. The Hall–Kier alpha value is -0.120.